The monoisotopic (exact) mass is 195 g/mol. The molecule has 1 fully saturated rings. The highest BCUT2D eigenvalue weighted by Gasteiger charge is 2.24. The predicted molar refractivity (Wildman–Crippen MR) is 54.5 cm³/mol. The van der Waals surface area contributed by atoms with Gasteiger partial charge in [-0.2, -0.15) is 0 Å². The highest BCUT2D eigenvalue weighted by Crippen LogP contribution is 2.33. The SMILES string of the molecule is [C-]#[N+]/C=C(/O)C[C@H]1CCCC[C@@H]1CO. The summed E-state index contributed by atoms with van der Waals surface area (Å²) in [5.41, 5.74) is 0. The van der Waals surface area contributed by atoms with Crippen LogP contribution in [-0.2, 0) is 0 Å². The Bertz CT molecular complexity index is 242. The molecular weight excluding hydrogens is 178 g/mol. The molecule has 3 heteroatoms. The van der Waals surface area contributed by atoms with Gasteiger partial charge in [0, 0.05) is 6.61 Å². The van der Waals surface area contributed by atoms with Crippen molar-refractivity contribution in [2.75, 3.05) is 6.61 Å². The van der Waals surface area contributed by atoms with Crippen LogP contribution in [0.4, 0.5) is 0 Å². The van der Waals surface area contributed by atoms with Crippen molar-refractivity contribution in [3.63, 3.8) is 0 Å². The number of hydrogen-bond donors (Lipinski definition) is 2. The van der Waals surface area contributed by atoms with E-state index in [-0.39, 0.29) is 12.4 Å². The van der Waals surface area contributed by atoms with E-state index in [9.17, 15) is 5.11 Å². The van der Waals surface area contributed by atoms with Gasteiger partial charge < -0.3 is 10.2 Å². The lowest BCUT2D eigenvalue weighted by atomic mass is 9.77. The minimum absolute atomic E-state index is 0.158. The Kier molecular flexibility index (Phi) is 4.48. The average molecular weight is 195 g/mol. The van der Waals surface area contributed by atoms with E-state index in [1.54, 1.807) is 0 Å². The molecule has 0 aliphatic heterocycles. The van der Waals surface area contributed by atoms with Crippen molar-refractivity contribution in [2.24, 2.45) is 11.8 Å². The maximum atomic E-state index is 9.38. The average Bonchev–Trinajstić information content (AvgIpc) is 2.19. The molecule has 3 nitrogen and oxygen atoms in total. The van der Waals surface area contributed by atoms with Gasteiger partial charge in [-0.1, -0.05) is 12.8 Å². The lowest BCUT2D eigenvalue weighted by Crippen LogP contribution is -2.23. The lowest BCUT2D eigenvalue weighted by Gasteiger charge is -2.29. The Balaban J connectivity index is 2.49. The van der Waals surface area contributed by atoms with Gasteiger partial charge in [0.25, 0.3) is 0 Å². The fourth-order valence-corrected chi connectivity index (χ4v) is 2.19. The summed E-state index contributed by atoms with van der Waals surface area (Å²) in [5.74, 6) is 0.821. The molecule has 2 atom stereocenters. The first-order chi connectivity index (χ1) is 6.77. The summed E-state index contributed by atoms with van der Waals surface area (Å²) in [4.78, 5) is 3.03. The minimum Gasteiger partial charge on any atom is -0.524 e. The van der Waals surface area contributed by atoms with Gasteiger partial charge in [-0.15, -0.1) is 0 Å². The molecule has 1 aliphatic rings. The Morgan fingerprint density at radius 2 is 2.00 bits per heavy atom. The van der Waals surface area contributed by atoms with Crippen LogP contribution in [0.3, 0.4) is 0 Å². The van der Waals surface area contributed by atoms with E-state index in [0.717, 1.165) is 12.8 Å². The van der Waals surface area contributed by atoms with E-state index >= 15 is 0 Å². The van der Waals surface area contributed by atoms with Crippen LogP contribution in [0.15, 0.2) is 12.0 Å². The Morgan fingerprint density at radius 3 is 2.57 bits per heavy atom. The molecule has 1 rings (SSSR count). The molecule has 0 spiro atoms. The predicted octanol–water partition coefficient (Wildman–Crippen LogP) is 2.49. The second-order valence-corrected chi connectivity index (χ2v) is 3.94. The number of aliphatic hydroxyl groups is 2. The summed E-state index contributed by atoms with van der Waals surface area (Å²) < 4.78 is 0. The van der Waals surface area contributed by atoms with Gasteiger partial charge in [-0.3, -0.25) is 0 Å². The van der Waals surface area contributed by atoms with Crippen LogP contribution in [0.25, 0.3) is 4.85 Å². The third-order valence-corrected chi connectivity index (χ3v) is 2.99. The van der Waals surface area contributed by atoms with Crippen LogP contribution in [0, 0.1) is 18.4 Å². The minimum atomic E-state index is 0.158. The zero-order chi connectivity index (χ0) is 10.4. The molecule has 0 amide bonds. The van der Waals surface area contributed by atoms with Crippen LogP contribution in [-0.4, -0.2) is 16.8 Å². The van der Waals surface area contributed by atoms with Gasteiger partial charge in [0.1, 0.15) is 0 Å². The van der Waals surface area contributed by atoms with E-state index in [0.29, 0.717) is 18.3 Å². The topological polar surface area (TPSA) is 44.8 Å². The molecule has 0 saturated heterocycles. The molecule has 0 aromatic heterocycles. The zero-order valence-electron chi connectivity index (χ0n) is 8.32. The number of hydrogen-bond acceptors (Lipinski definition) is 2. The van der Waals surface area contributed by atoms with Crippen LogP contribution in [0.2, 0.25) is 0 Å². The van der Waals surface area contributed by atoms with Crippen molar-refractivity contribution >= 4 is 0 Å². The van der Waals surface area contributed by atoms with Gasteiger partial charge in [0.2, 0.25) is 0 Å². The first kappa shape index (κ1) is 11.1. The third-order valence-electron chi connectivity index (χ3n) is 2.99. The molecule has 0 unspecified atom stereocenters. The largest absolute Gasteiger partial charge is 0.524 e. The lowest BCUT2D eigenvalue weighted by molar-refractivity contribution is 0.126. The fraction of sp³-hybridized carbons (Fsp3) is 0.727. The Morgan fingerprint density at radius 1 is 1.36 bits per heavy atom. The second kappa shape index (κ2) is 5.66. The van der Waals surface area contributed by atoms with Crippen molar-refractivity contribution in [3.05, 3.63) is 23.4 Å². The smallest absolute Gasteiger partial charge is 0.190 e. The molecule has 0 aromatic rings. The van der Waals surface area contributed by atoms with Crippen LogP contribution < -0.4 is 0 Å². The maximum absolute atomic E-state index is 9.38. The van der Waals surface area contributed by atoms with Gasteiger partial charge in [0.15, 0.2) is 6.20 Å². The van der Waals surface area contributed by atoms with Crippen molar-refractivity contribution in [3.8, 4) is 0 Å². The van der Waals surface area contributed by atoms with Crippen LogP contribution in [0.1, 0.15) is 32.1 Å². The van der Waals surface area contributed by atoms with Crippen molar-refractivity contribution < 1.29 is 10.2 Å². The van der Waals surface area contributed by atoms with Gasteiger partial charge in [-0.05, 0) is 31.1 Å². The van der Waals surface area contributed by atoms with Crippen LogP contribution in [0.5, 0.6) is 0 Å². The number of rotatable bonds is 3. The molecule has 1 aliphatic carbocycles. The van der Waals surface area contributed by atoms with E-state index in [1.807, 2.05) is 0 Å². The first-order valence-corrected chi connectivity index (χ1v) is 5.13. The molecular formula is C11H17NO2. The summed E-state index contributed by atoms with van der Waals surface area (Å²) >= 11 is 0. The summed E-state index contributed by atoms with van der Waals surface area (Å²) in [6.07, 6.45) is 6.17. The van der Waals surface area contributed by atoms with E-state index in [4.69, 9.17) is 11.7 Å². The molecule has 0 aromatic carbocycles. The third kappa shape index (κ3) is 3.04. The number of aliphatic hydroxyl groups excluding tert-OH is 2. The number of allylic oxidation sites excluding steroid dienone is 1. The van der Waals surface area contributed by atoms with Gasteiger partial charge >= 0.3 is 0 Å². The van der Waals surface area contributed by atoms with Crippen molar-refractivity contribution in [1.29, 1.82) is 0 Å². The molecule has 0 heterocycles. The second-order valence-electron chi connectivity index (χ2n) is 3.94. The summed E-state index contributed by atoms with van der Waals surface area (Å²) in [7, 11) is 0. The first-order valence-electron chi connectivity index (χ1n) is 5.13. The molecule has 1 saturated carbocycles. The molecule has 14 heavy (non-hydrogen) atoms. The van der Waals surface area contributed by atoms with Gasteiger partial charge in [0.05, 0.1) is 12.3 Å². The van der Waals surface area contributed by atoms with Crippen molar-refractivity contribution in [1.82, 2.24) is 0 Å². The normalized spacial score (nSPS) is 28.4. The molecule has 2 N–H and O–H groups in total. The maximum Gasteiger partial charge on any atom is 0.190 e. The Hall–Kier alpha value is -1.01. The highest BCUT2D eigenvalue weighted by atomic mass is 16.3. The fourth-order valence-electron chi connectivity index (χ4n) is 2.19. The van der Waals surface area contributed by atoms with Crippen LogP contribution >= 0.6 is 0 Å². The van der Waals surface area contributed by atoms with E-state index in [1.165, 1.54) is 19.0 Å². The van der Waals surface area contributed by atoms with E-state index in [2.05, 4.69) is 4.85 Å². The molecule has 0 bridgehead atoms. The number of nitrogens with zero attached hydrogens (tertiary/aromatic N) is 1. The summed E-state index contributed by atoms with van der Waals surface area (Å²) in [6, 6.07) is 0. The standard InChI is InChI=1S/C11H17NO2/c1-12-7-11(14)6-9-4-2-3-5-10(9)8-13/h7,9-10,13-14H,2-6,8H2/b11-7+/t9-,10-/m1/s1. The van der Waals surface area contributed by atoms with Crippen molar-refractivity contribution in [2.45, 2.75) is 32.1 Å². The summed E-state index contributed by atoms with van der Waals surface area (Å²) in [5, 5.41) is 18.5. The molecule has 0 radical (unpaired) electrons. The summed E-state index contributed by atoms with van der Waals surface area (Å²) in [6.45, 7) is 6.79. The van der Waals surface area contributed by atoms with E-state index < -0.39 is 0 Å². The van der Waals surface area contributed by atoms with Gasteiger partial charge in [-0.25, -0.2) is 4.85 Å². The zero-order valence-corrected chi connectivity index (χ0v) is 8.32. The Labute approximate surface area is 84.9 Å². The molecule has 78 valence electrons. The highest BCUT2D eigenvalue weighted by molar-refractivity contribution is 4.99. The quantitative estimate of drug-likeness (QED) is 0.537.